The van der Waals surface area contributed by atoms with E-state index < -0.39 is 40.5 Å². The quantitative estimate of drug-likeness (QED) is 0.290. The molecule has 0 bridgehead atoms. The predicted octanol–water partition coefficient (Wildman–Crippen LogP) is 5.31. The molecule has 2 amide bonds. The maximum Gasteiger partial charge on any atom is 0.323 e. The smallest absolute Gasteiger partial charge is 0.308 e. The molecule has 0 atom stereocenters. The van der Waals surface area contributed by atoms with Crippen LogP contribution in [0, 0.1) is 17.5 Å². The van der Waals surface area contributed by atoms with Crippen molar-refractivity contribution in [2.45, 2.75) is 0 Å². The fourth-order valence-corrected chi connectivity index (χ4v) is 3.54. The number of urea groups is 1. The Bertz CT molecular complexity index is 1620. The summed E-state index contributed by atoms with van der Waals surface area (Å²) in [4.78, 5) is 34.1. The van der Waals surface area contributed by atoms with Crippen LogP contribution in [0.4, 0.5) is 29.3 Å². The van der Waals surface area contributed by atoms with Crippen molar-refractivity contribution in [1.82, 2.24) is 20.2 Å². The van der Waals surface area contributed by atoms with Gasteiger partial charge in [-0.25, -0.2) is 22.9 Å². The number of hydrogen-bond acceptors (Lipinski definition) is 5. The third-order valence-corrected chi connectivity index (χ3v) is 5.25. The van der Waals surface area contributed by atoms with Crippen LogP contribution in [-0.2, 0) is 0 Å². The van der Waals surface area contributed by atoms with E-state index in [4.69, 9.17) is 0 Å². The van der Waals surface area contributed by atoms with Crippen LogP contribution in [0.2, 0.25) is 0 Å². The summed E-state index contributed by atoms with van der Waals surface area (Å²) in [6.45, 7) is 0. The van der Waals surface area contributed by atoms with Crippen molar-refractivity contribution in [2.24, 2.45) is 0 Å². The highest BCUT2D eigenvalue weighted by molar-refractivity contribution is 6.11. The normalized spacial score (nSPS) is 10.9. The Morgan fingerprint density at radius 3 is 2.53 bits per heavy atom. The van der Waals surface area contributed by atoms with Crippen LogP contribution in [0.3, 0.4) is 0 Å². The van der Waals surface area contributed by atoms with Crippen LogP contribution in [0.5, 0.6) is 0 Å². The molecule has 2 heterocycles. The number of benzene rings is 3. The van der Waals surface area contributed by atoms with Crippen molar-refractivity contribution in [3.05, 3.63) is 102 Å². The van der Waals surface area contributed by atoms with Gasteiger partial charge in [0.2, 0.25) is 0 Å². The average molecular weight is 488 g/mol. The molecule has 8 nitrogen and oxygen atoms in total. The van der Waals surface area contributed by atoms with Gasteiger partial charge in [-0.2, -0.15) is 5.10 Å². The lowest BCUT2D eigenvalue weighted by atomic mass is 10.0. The number of carbonyl (C=O) groups excluding carboxylic acids is 2. The second-order valence-corrected chi connectivity index (χ2v) is 7.65. The van der Waals surface area contributed by atoms with Gasteiger partial charge in [0.15, 0.2) is 11.6 Å². The van der Waals surface area contributed by atoms with Crippen LogP contribution in [0.15, 0.2) is 73.2 Å². The minimum Gasteiger partial charge on any atom is -0.308 e. The zero-order valence-electron chi connectivity index (χ0n) is 18.2. The summed E-state index contributed by atoms with van der Waals surface area (Å²) in [5.41, 5.74) is 0.794. The fraction of sp³-hybridized carbons (Fsp3) is 0. The standard InChI is InChI=1S/C25H15F3N6O2/c26-15-2-1-3-16(9-15)32-25(36)34-19-7-5-17(27)22(23(19)28)24(35)13-4-6-18-20(8-13)33-21(12-29-18)14-10-30-31-11-14/h1-12H,(H,30,31)(H2,32,34,36). The van der Waals surface area contributed by atoms with Gasteiger partial charge in [-0.1, -0.05) is 6.07 Å². The molecule has 36 heavy (non-hydrogen) atoms. The van der Waals surface area contributed by atoms with Crippen LogP contribution in [0.1, 0.15) is 15.9 Å². The molecule has 0 fully saturated rings. The third-order valence-electron chi connectivity index (χ3n) is 5.25. The zero-order valence-corrected chi connectivity index (χ0v) is 18.2. The fourth-order valence-electron chi connectivity index (χ4n) is 3.54. The number of fused-ring (bicyclic) bond motifs is 1. The number of amides is 2. The van der Waals surface area contributed by atoms with Gasteiger partial charge in [-0.3, -0.25) is 14.9 Å². The Morgan fingerprint density at radius 1 is 0.889 bits per heavy atom. The first-order valence-electron chi connectivity index (χ1n) is 10.5. The Kier molecular flexibility index (Phi) is 5.87. The number of rotatable bonds is 5. The molecular weight excluding hydrogens is 473 g/mol. The molecular formula is C25H15F3N6O2. The predicted molar refractivity (Wildman–Crippen MR) is 126 cm³/mol. The molecule has 11 heteroatoms. The minimum atomic E-state index is -1.26. The van der Waals surface area contributed by atoms with Crippen LogP contribution in [-0.4, -0.2) is 32.0 Å². The first-order valence-corrected chi connectivity index (χ1v) is 10.5. The molecule has 178 valence electrons. The lowest BCUT2D eigenvalue weighted by molar-refractivity contribution is 0.103. The molecule has 0 unspecified atom stereocenters. The van der Waals surface area contributed by atoms with E-state index >= 15 is 4.39 Å². The highest BCUT2D eigenvalue weighted by Crippen LogP contribution is 2.26. The van der Waals surface area contributed by atoms with Crippen molar-refractivity contribution >= 4 is 34.2 Å². The summed E-state index contributed by atoms with van der Waals surface area (Å²) in [6, 6.07) is 10.3. The number of anilines is 2. The molecule has 0 aliphatic rings. The van der Waals surface area contributed by atoms with Gasteiger partial charge >= 0.3 is 6.03 Å². The van der Waals surface area contributed by atoms with E-state index in [1.807, 2.05) is 0 Å². The maximum atomic E-state index is 15.2. The van der Waals surface area contributed by atoms with Crippen molar-refractivity contribution < 1.29 is 22.8 Å². The number of aromatic nitrogens is 4. The second-order valence-electron chi connectivity index (χ2n) is 7.65. The summed E-state index contributed by atoms with van der Waals surface area (Å²) in [6.07, 6.45) is 4.72. The zero-order chi connectivity index (χ0) is 25.2. The Hall–Kier alpha value is -5.06. The van der Waals surface area contributed by atoms with Gasteiger partial charge in [0, 0.05) is 23.0 Å². The molecule has 0 spiro atoms. The van der Waals surface area contributed by atoms with Crippen molar-refractivity contribution in [3.63, 3.8) is 0 Å². The van der Waals surface area contributed by atoms with Crippen LogP contribution in [0.25, 0.3) is 22.3 Å². The van der Waals surface area contributed by atoms with E-state index in [1.54, 1.807) is 12.4 Å². The van der Waals surface area contributed by atoms with E-state index in [-0.39, 0.29) is 11.3 Å². The SMILES string of the molecule is O=C(Nc1cccc(F)c1)Nc1ccc(F)c(C(=O)c2ccc3ncc(-c4cn[nH]c4)nc3c2)c1F. The van der Waals surface area contributed by atoms with E-state index in [9.17, 15) is 18.4 Å². The number of nitrogens with zero attached hydrogens (tertiary/aromatic N) is 3. The van der Waals surface area contributed by atoms with Crippen molar-refractivity contribution in [3.8, 4) is 11.3 Å². The summed E-state index contributed by atoms with van der Waals surface area (Å²) >= 11 is 0. The molecule has 5 aromatic rings. The largest absolute Gasteiger partial charge is 0.323 e. The molecule has 0 aliphatic heterocycles. The average Bonchev–Trinajstić information content (AvgIpc) is 3.40. The van der Waals surface area contributed by atoms with E-state index in [1.165, 1.54) is 42.6 Å². The van der Waals surface area contributed by atoms with E-state index in [0.717, 1.165) is 18.2 Å². The lowest BCUT2D eigenvalue weighted by Crippen LogP contribution is -2.21. The van der Waals surface area contributed by atoms with Crippen molar-refractivity contribution in [1.29, 1.82) is 0 Å². The first kappa shape index (κ1) is 22.7. The maximum absolute atomic E-state index is 15.2. The summed E-state index contributed by atoms with van der Waals surface area (Å²) in [7, 11) is 0. The van der Waals surface area contributed by atoms with Gasteiger partial charge in [-0.15, -0.1) is 0 Å². The second kappa shape index (κ2) is 9.29. The van der Waals surface area contributed by atoms with Gasteiger partial charge in [0.1, 0.15) is 11.6 Å². The number of hydrogen-bond donors (Lipinski definition) is 3. The molecule has 0 saturated carbocycles. The minimum absolute atomic E-state index is 0.0275. The molecule has 2 aromatic heterocycles. The molecule has 0 radical (unpaired) electrons. The van der Waals surface area contributed by atoms with Gasteiger partial charge in [0.05, 0.1) is 40.4 Å². The third kappa shape index (κ3) is 4.49. The molecule has 3 N–H and O–H groups in total. The topological polar surface area (TPSA) is 113 Å². The number of aromatic amines is 1. The molecule has 5 rings (SSSR count). The highest BCUT2D eigenvalue weighted by Gasteiger charge is 2.23. The summed E-state index contributed by atoms with van der Waals surface area (Å²) in [5, 5.41) is 11.1. The van der Waals surface area contributed by atoms with Gasteiger partial charge in [-0.05, 0) is 48.5 Å². The lowest BCUT2D eigenvalue weighted by Gasteiger charge is -2.12. The molecule has 0 saturated heterocycles. The number of H-pyrrole nitrogens is 1. The summed E-state index contributed by atoms with van der Waals surface area (Å²) in [5.74, 6) is -3.89. The number of nitrogens with one attached hydrogen (secondary N) is 3. The molecule has 0 aliphatic carbocycles. The van der Waals surface area contributed by atoms with Gasteiger partial charge < -0.3 is 10.6 Å². The summed E-state index contributed by atoms with van der Waals surface area (Å²) < 4.78 is 43.1. The number of ketones is 1. The van der Waals surface area contributed by atoms with Gasteiger partial charge in [0.25, 0.3) is 0 Å². The number of halogens is 3. The highest BCUT2D eigenvalue weighted by atomic mass is 19.1. The van der Waals surface area contributed by atoms with Crippen LogP contribution < -0.4 is 10.6 Å². The first-order chi connectivity index (χ1) is 17.4. The number of carbonyl (C=O) groups is 2. The van der Waals surface area contributed by atoms with Crippen LogP contribution >= 0.6 is 0 Å². The van der Waals surface area contributed by atoms with Crippen molar-refractivity contribution in [2.75, 3.05) is 10.6 Å². The Labute approximate surface area is 201 Å². The van der Waals surface area contributed by atoms with E-state index in [0.29, 0.717) is 22.3 Å². The molecule has 3 aromatic carbocycles. The monoisotopic (exact) mass is 488 g/mol. The Morgan fingerprint density at radius 2 is 1.75 bits per heavy atom. The van der Waals surface area contributed by atoms with E-state index in [2.05, 4.69) is 30.8 Å². The Balaban J connectivity index is 1.44.